The zero-order valence-corrected chi connectivity index (χ0v) is 8.22. The van der Waals surface area contributed by atoms with Gasteiger partial charge in [0, 0.05) is 6.54 Å². The van der Waals surface area contributed by atoms with Crippen LogP contribution in [0.3, 0.4) is 0 Å². The van der Waals surface area contributed by atoms with Crippen LogP contribution >= 0.6 is 0 Å². The lowest BCUT2D eigenvalue weighted by atomic mass is 10.3. The fraction of sp³-hybridized carbons (Fsp3) is 0.444. The van der Waals surface area contributed by atoms with E-state index in [1.54, 1.807) is 6.92 Å². The van der Waals surface area contributed by atoms with Crippen LogP contribution in [0.4, 0.5) is 5.82 Å². The zero-order valence-electron chi connectivity index (χ0n) is 8.22. The van der Waals surface area contributed by atoms with Crippen LogP contribution in [0.15, 0.2) is 4.79 Å². The molecule has 0 saturated carbocycles. The molecule has 0 unspecified atom stereocenters. The minimum absolute atomic E-state index is 0.0454. The molecule has 0 aliphatic carbocycles. The number of rotatable bonds is 3. The summed E-state index contributed by atoms with van der Waals surface area (Å²) in [6.07, 6.45) is 0.915. The summed E-state index contributed by atoms with van der Waals surface area (Å²) < 4.78 is 0. The van der Waals surface area contributed by atoms with Gasteiger partial charge in [-0.3, -0.25) is 4.79 Å². The number of anilines is 1. The first kappa shape index (κ1) is 10.3. The summed E-state index contributed by atoms with van der Waals surface area (Å²) in [6.45, 7) is 4.38. The van der Waals surface area contributed by atoms with Crippen LogP contribution in [0.1, 0.15) is 24.7 Å². The molecule has 0 atom stereocenters. The first-order chi connectivity index (χ1) is 6.69. The van der Waals surface area contributed by atoms with E-state index in [4.69, 9.17) is 5.26 Å². The van der Waals surface area contributed by atoms with Crippen LogP contribution in [-0.4, -0.2) is 16.5 Å². The molecular weight excluding hydrogens is 180 g/mol. The SMILES string of the molecule is CCCNc1nc(C)[nH]c(=O)c1C#N. The largest absolute Gasteiger partial charge is 0.369 e. The van der Waals surface area contributed by atoms with Crippen LogP contribution in [0.5, 0.6) is 0 Å². The average molecular weight is 192 g/mol. The van der Waals surface area contributed by atoms with Crippen molar-refractivity contribution in [3.05, 3.63) is 21.7 Å². The predicted molar refractivity (Wildman–Crippen MR) is 53.1 cm³/mol. The second-order valence-corrected chi connectivity index (χ2v) is 2.91. The third-order valence-corrected chi connectivity index (χ3v) is 1.69. The molecule has 5 nitrogen and oxygen atoms in total. The van der Waals surface area contributed by atoms with Crippen LogP contribution < -0.4 is 10.9 Å². The molecule has 5 heteroatoms. The molecule has 0 bridgehead atoms. The van der Waals surface area contributed by atoms with Crippen molar-refractivity contribution >= 4 is 5.82 Å². The highest BCUT2D eigenvalue weighted by atomic mass is 16.1. The molecule has 14 heavy (non-hydrogen) atoms. The standard InChI is InChI=1S/C9H12N4O/c1-3-4-11-8-7(5-10)9(14)13-6(2)12-8/h3-4H2,1-2H3,(H2,11,12,13,14). The third-order valence-electron chi connectivity index (χ3n) is 1.69. The van der Waals surface area contributed by atoms with Gasteiger partial charge in [-0.25, -0.2) is 4.98 Å². The molecule has 0 aliphatic heterocycles. The quantitative estimate of drug-likeness (QED) is 0.741. The Kier molecular flexibility index (Phi) is 3.24. The van der Waals surface area contributed by atoms with Gasteiger partial charge >= 0.3 is 0 Å². The second kappa shape index (κ2) is 4.42. The van der Waals surface area contributed by atoms with Gasteiger partial charge in [0.15, 0.2) is 11.4 Å². The molecule has 0 fully saturated rings. The predicted octanol–water partition coefficient (Wildman–Crippen LogP) is 0.772. The second-order valence-electron chi connectivity index (χ2n) is 2.91. The molecule has 0 spiro atoms. The Bertz CT molecular complexity index is 416. The van der Waals surface area contributed by atoms with Crippen LogP contribution in [0.2, 0.25) is 0 Å². The Hall–Kier alpha value is -1.83. The van der Waals surface area contributed by atoms with E-state index in [2.05, 4.69) is 15.3 Å². The van der Waals surface area contributed by atoms with E-state index in [0.29, 0.717) is 18.2 Å². The average Bonchev–Trinajstić information content (AvgIpc) is 2.14. The number of aromatic nitrogens is 2. The number of hydrogen-bond acceptors (Lipinski definition) is 4. The summed E-state index contributed by atoms with van der Waals surface area (Å²) in [7, 11) is 0. The van der Waals surface area contributed by atoms with E-state index in [9.17, 15) is 4.79 Å². The highest BCUT2D eigenvalue weighted by Crippen LogP contribution is 2.05. The summed E-state index contributed by atoms with van der Waals surface area (Å²) in [5.74, 6) is 0.878. The molecule has 74 valence electrons. The van der Waals surface area contributed by atoms with Gasteiger partial charge in [-0.2, -0.15) is 5.26 Å². The Balaban J connectivity index is 3.13. The van der Waals surface area contributed by atoms with Crippen LogP contribution in [0, 0.1) is 18.3 Å². The Labute approximate surface area is 81.8 Å². The molecule has 0 aliphatic rings. The summed E-state index contributed by atoms with van der Waals surface area (Å²) in [5.41, 5.74) is -0.345. The van der Waals surface area contributed by atoms with Crippen molar-refractivity contribution in [3.63, 3.8) is 0 Å². The molecule has 0 radical (unpaired) electrons. The number of nitrogens with zero attached hydrogens (tertiary/aromatic N) is 2. The molecule has 1 aromatic rings. The maximum Gasteiger partial charge on any atom is 0.271 e. The first-order valence-corrected chi connectivity index (χ1v) is 4.44. The number of nitriles is 1. The van der Waals surface area contributed by atoms with Gasteiger partial charge in [0.25, 0.3) is 5.56 Å². The van der Waals surface area contributed by atoms with Crippen LogP contribution in [-0.2, 0) is 0 Å². The first-order valence-electron chi connectivity index (χ1n) is 4.44. The number of nitrogens with one attached hydrogen (secondary N) is 2. The summed E-state index contributed by atoms with van der Waals surface area (Å²) >= 11 is 0. The monoisotopic (exact) mass is 192 g/mol. The molecule has 1 aromatic heterocycles. The minimum atomic E-state index is -0.390. The fourth-order valence-corrected chi connectivity index (χ4v) is 1.06. The van der Waals surface area contributed by atoms with E-state index in [1.165, 1.54) is 0 Å². The lowest BCUT2D eigenvalue weighted by Crippen LogP contribution is -2.17. The van der Waals surface area contributed by atoms with Gasteiger partial charge in [0.1, 0.15) is 11.9 Å². The molecule has 0 saturated heterocycles. The van der Waals surface area contributed by atoms with E-state index in [-0.39, 0.29) is 5.56 Å². The number of H-pyrrole nitrogens is 1. The molecule has 1 rings (SSSR count). The summed E-state index contributed by atoms with van der Waals surface area (Å²) in [5, 5.41) is 11.7. The molecule has 2 N–H and O–H groups in total. The number of hydrogen-bond donors (Lipinski definition) is 2. The molecule has 0 amide bonds. The van der Waals surface area contributed by atoms with Crippen LogP contribution in [0.25, 0.3) is 0 Å². The van der Waals surface area contributed by atoms with Gasteiger partial charge in [-0.15, -0.1) is 0 Å². The highest BCUT2D eigenvalue weighted by Gasteiger charge is 2.08. The van der Waals surface area contributed by atoms with Crippen molar-refractivity contribution in [1.29, 1.82) is 5.26 Å². The topological polar surface area (TPSA) is 81.6 Å². The van der Waals surface area contributed by atoms with Crippen molar-refractivity contribution in [1.82, 2.24) is 9.97 Å². The third kappa shape index (κ3) is 2.10. The normalized spacial score (nSPS) is 9.50. The Morgan fingerprint density at radius 2 is 2.36 bits per heavy atom. The number of aromatic amines is 1. The maximum absolute atomic E-state index is 11.3. The highest BCUT2D eigenvalue weighted by molar-refractivity contribution is 5.50. The van der Waals surface area contributed by atoms with E-state index in [1.807, 2.05) is 13.0 Å². The van der Waals surface area contributed by atoms with E-state index >= 15 is 0 Å². The van der Waals surface area contributed by atoms with Gasteiger partial charge in [-0.05, 0) is 13.3 Å². The lowest BCUT2D eigenvalue weighted by Gasteiger charge is -2.05. The number of aryl methyl sites for hydroxylation is 1. The smallest absolute Gasteiger partial charge is 0.271 e. The Morgan fingerprint density at radius 1 is 1.64 bits per heavy atom. The van der Waals surface area contributed by atoms with Gasteiger partial charge < -0.3 is 10.3 Å². The van der Waals surface area contributed by atoms with Crippen molar-refractivity contribution in [2.45, 2.75) is 20.3 Å². The zero-order chi connectivity index (χ0) is 10.6. The lowest BCUT2D eigenvalue weighted by molar-refractivity contribution is 0.942. The molecular formula is C9H12N4O. The molecule has 1 heterocycles. The summed E-state index contributed by atoms with van der Waals surface area (Å²) in [4.78, 5) is 17.8. The van der Waals surface area contributed by atoms with Gasteiger partial charge in [-0.1, -0.05) is 6.92 Å². The van der Waals surface area contributed by atoms with Crippen molar-refractivity contribution in [3.8, 4) is 6.07 Å². The Morgan fingerprint density at radius 3 is 2.93 bits per heavy atom. The van der Waals surface area contributed by atoms with Gasteiger partial charge in [0.05, 0.1) is 0 Å². The van der Waals surface area contributed by atoms with Gasteiger partial charge in [0.2, 0.25) is 0 Å². The maximum atomic E-state index is 11.3. The minimum Gasteiger partial charge on any atom is -0.369 e. The fourth-order valence-electron chi connectivity index (χ4n) is 1.06. The van der Waals surface area contributed by atoms with Crippen molar-refractivity contribution < 1.29 is 0 Å². The van der Waals surface area contributed by atoms with E-state index < -0.39 is 5.56 Å². The molecule has 0 aromatic carbocycles. The van der Waals surface area contributed by atoms with Crippen molar-refractivity contribution in [2.75, 3.05) is 11.9 Å². The van der Waals surface area contributed by atoms with Crippen molar-refractivity contribution in [2.24, 2.45) is 0 Å². The van der Waals surface area contributed by atoms with E-state index in [0.717, 1.165) is 6.42 Å². The summed E-state index contributed by atoms with van der Waals surface area (Å²) in [6, 6.07) is 1.83.